The monoisotopic (exact) mass is 247 g/mol. The molecule has 1 aliphatic rings. The molecule has 0 amide bonds. The molecule has 0 spiro atoms. The van der Waals surface area contributed by atoms with E-state index in [4.69, 9.17) is 0 Å². The molecule has 0 unspecified atom stereocenters. The molecule has 1 fully saturated rings. The highest BCUT2D eigenvalue weighted by Gasteiger charge is 2.08. The molecular weight excluding hydrogens is 222 g/mol. The minimum Gasteiger partial charge on any atom is -0.311 e. The molecule has 1 saturated heterocycles. The van der Waals surface area contributed by atoms with Crippen molar-refractivity contribution in [3.8, 4) is 0 Å². The molecule has 3 heteroatoms. The van der Waals surface area contributed by atoms with Crippen LogP contribution in [0.3, 0.4) is 0 Å². The van der Waals surface area contributed by atoms with Crippen molar-refractivity contribution in [1.82, 2.24) is 15.2 Å². The fourth-order valence-electron chi connectivity index (χ4n) is 2.55. The third-order valence-electron chi connectivity index (χ3n) is 3.70. The van der Waals surface area contributed by atoms with Gasteiger partial charge in [-0.25, -0.2) is 0 Å². The van der Waals surface area contributed by atoms with Crippen LogP contribution in [0.4, 0.5) is 0 Å². The first kappa shape index (κ1) is 13.5. The molecule has 3 nitrogen and oxygen atoms in total. The summed E-state index contributed by atoms with van der Waals surface area (Å²) in [5, 5.41) is 3.53. The predicted octanol–water partition coefficient (Wildman–Crippen LogP) is 2.27. The van der Waals surface area contributed by atoms with Crippen molar-refractivity contribution >= 4 is 0 Å². The molecule has 18 heavy (non-hydrogen) atoms. The van der Waals surface area contributed by atoms with Crippen LogP contribution in [0.25, 0.3) is 0 Å². The van der Waals surface area contributed by atoms with E-state index in [0.29, 0.717) is 0 Å². The number of hydrogen-bond acceptors (Lipinski definition) is 3. The lowest BCUT2D eigenvalue weighted by molar-refractivity contribution is 0.229. The number of hydrogen-bond donors (Lipinski definition) is 1. The van der Waals surface area contributed by atoms with Crippen molar-refractivity contribution in [2.24, 2.45) is 0 Å². The zero-order valence-corrected chi connectivity index (χ0v) is 11.7. The average Bonchev–Trinajstić information content (AvgIpc) is 2.38. The van der Waals surface area contributed by atoms with Crippen molar-refractivity contribution < 1.29 is 0 Å². The Morgan fingerprint density at radius 1 is 1.17 bits per heavy atom. The second-order valence-electron chi connectivity index (χ2n) is 5.28. The van der Waals surface area contributed by atoms with Gasteiger partial charge in [0.25, 0.3) is 0 Å². The van der Waals surface area contributed by atoms with E-state index in [2.05, 4.69) is 34.3 Å². The molecular formula is C15H25N3. The minimum absolute atomic E-state index is 0.937. The third-order valence-corrected chi connectivity index (χ3v) is 3.70. The molecule has 1 aromatic rings. The smallest absolute Gasteiger partial charge is 0.0420 e. The Balaban J connectivity index is 1.68. The molecule has 0 aliphatic carbocycles. The fourth-order valence-corrected chi connectivity index (χ4v) is 2.55. The molecule has 1 N–H and O–H groups in total. The zero-order valence-electron chi connectivity index (χ0n) is 11.7. The summed E-state index contributed by atoms with van der Waals surface area (Å²) in [4.78, 5) is 7.06. The zero-order chi connectivity index (χ0) is 12.8. The van der Waals surface area contributed by atoms with Crippen LogP contribution in [0.5, 0.6) is 0 Å². The van der Waals surface area contributed by atoms with E-state index in [1.54, 1.807) is 0 Å². The Morgan fingerprint density at radius 3 is 2.67 bits per heavy atom. The Morgan fingerprint density at radius 2 is 1.94 bits per heavy atom. The van der Waals surface area contributed by atoms with Gasteiger partial charge in [0, 0.05) is 31.0 Å². The summed E-state index contributed by atoms with van der Waals surface area (Å²) in [6, 6.07) is 4.28. The summed E-state index contributed by atoms with van der Waals surface area (Å²) < 4.78 is 0. The summed E-state index contributed by atoms with van der Waals surface area (Å²) in [7, 11) is 0. The number of rotatable bonds is 5. The molecule has 2 heterocycles. The molecule has 0 bridgehead atoms. The Labute approximate surface area is 111 Å². The first-order valence-corrected chi connectivity index (χ1v) is 7.12. The number of piperidine rings is 1. The molecule has 100 valence electrons. The van der Waals surface area contributed by atoms with E-state index < -0.39 is 0 Å². The first-order chi connectivity index (χ1) is 8.75. The molecule has 0 saturated carbocycles. The maximum absolute atomic E-state index is 4.49. The highest BCUT2D eigenvalue weighted by molar-refractivity contribution is 5.21. The average molecular weight is 247 g/mol. The van der Waals surface area contributed by atoms with E-state index >= 15 is 0 Å². The largest absolute Gasteiger partial charge is 0.311 e. The highest BCUT2D eigenvalue weighted by atomic mass is 15.1. The van der Waals surface area contributed by atoms with Gasteiger partial charge in [0.1, 0.15) is 0 Å². The lowest BCUT2D eigenvalue weighted by Crippen LogP contribution is -2.35. The van der Waals surface area contributed by atoms with E-state index in [-0.39, 0.29) is 0 Å². The number of aromatic nitrogens is 1. The van der Waals surface area contributed by atoms with Gasteiger partial charge in [-0.15, -0.1) is 0 Å². The number of aryl methyl sites for hydroxylation is 2. The topological polar surface area (TPSA) is 28.2 Å². The van der Waals surface area contributed by atoms with Crippen LogP contribution >= 0.6 is 0 Å². The van der Waals surface area contributed by atoms with Gasteiger partial charge in [0.05, 0.1) is 0 Å². The fraction of sp³-hybridized carbons (Fsp3) is 0.667. The van der Waals surface area contributed by atoms with Gasteiger partial charge in [-0.3, -0.25) is 4.98 Å². The maximum Gasteiger partial charge on any atom is 0.0420 e. The quantitative estimate of drug-likeness (QED) is 0.809. The Kier molecular flexibility index (Phi) is 5.14. The van der Waals surface area contributed by atoms with E-state index in [0.717, 1.165) is 24.5 Å². The molecule has 0 aromatic carbocycles. The molecule has 1 aliphatic heterocycles. The number of likely N-dealkylation sites (tertiary alicyclic amines) is 1. The van der Waals surface area contributed by atoms with Gasteiger partial charge in [-0.2, -0.15) is 0 Å². The van der Waals surface area contributed by atoms with E-state index in [1.807, 2.05) is 6.92 Å². The van der Waals surface area contributed by atoms with E-state index in [9.17, 15) is 0 Å². The summed E-state index contributed by atoms with van der Waals surface area (Å²) in [5.74, 6) is 0. The van der Waals surface area contributed by atoms with Gasteiger partial charge in [0.15, 0.2) is 0 Å². The Bertz CT molecular complexity index is 370. The third kappa shape index (κ3) is 4.07. The second-order valence-corrected chi connectivity index (χ2v) is 5.28. The van der Waals surface area contributed by atoms with Crippen LogP contribution in [0, 0.1) is 13.8 Å². The van der Waals surface area contributed by atoms with Crippen LogP contribution in [0.1, 0.15) is 36.2 Å². The van der Waals surface area contributed by atoms with Crippen molar-refractivity contribution in [2.45, 2.75) is 39.7 Å². The lowest BCUT2D eigenvalue weighted by atomic mass is 10.1. The second kappa shape index (κ2) is 6.86. The van der Waals surface area contributed by atoms with Gasteiger partial charge in [0.2, 0.25) is 0 Å². The van der Waals surface area contributed by atoms with Gasteiger partial charge in [-0.05, 0) is 51.4 Å². The minimum atomic E-state index is 0.937. The van der Waals surface area contributed by atoms with Gasteiger partial charge in [-0.1, -0.05) is 12.5 Å². The summed E-state index contributed by atoms with van der Waals surface area (Å²) in [6.07, 6.45) is 4.17. The molecule has 1 aromatic heterocycles. The predicted molar refractivity (Wildman–Crippen MR) is 75.7 cm³/mol. The van der Waals surface area contributed by atoms with Crippen molar-refractivity contribution in [3.63, 3.8) is 0 Å². The maximum atomic E-state index is 4.49. The summed E-state index contributed by atoms with van der Waals surface area (Å²) in [5.41, 5.74) is 3.57. The van der Waals surface area contributed by atoms with Gasteiger partial charge < -0.3 is 10.2 Å². The summed E-state index contributed by atoms with van der Waals surface area (Å²) in [6.45, 7) is 9.90. The van der Waals surface area contributed by atoms with Crippen LogP contribution < -0.4 is 5.32 Å². The normalized spacial score (nSPS) is 17.0. The highest BCUT2D eigenvalue weighted by Crippen LogP contribution is 2.08. The van der Waals surface area contributed by atoms with Crippen molar-refractivity contribution in [1.29, 1.82) is 0 Å². The van der Waals surface area contributed by atoms with Crippen LogP contribution in [0.2, 0.25) is 0 Å². The van der Waals surface area contributed by atoms with Crippen molar-refractivity contribution in [3.05, 3.63) is 29.1 Å². The van der Waals surface area contributed by atoms with Crippen LogP contribution in [-0.2, 0) is 6.54 Å². The van der Waals surface area contributed by atoms with Crippen LogP contribution in [0.15, 0.2) is 12.1 Å². The number of nitrogens with one attached hydrogen (secondary N) is 1. The van der Waals surface area contributed by atoms with Gasteiger partial charge >= 0.3 is 0 Å². The Hall–Kier alpha value is -0.930. The SMILES string of the molecule is Cc1ccc(CNCCN2CCCCC2)c(C)n1. The molecule has 0 atom stereocenters. The van der Waals surface area contributed by atoms with Crippen molar-refractivity contribution in [2.75, 3.05) is 26.2 Å². The standard InChI is InChI=1S/C15H25N3/c1-13-6-7-15(14(2)17-13)12-16-8-11-18-9-4-3-5-10-18/h6-7,16H,3-5,8-12H2,1-2H3. The number of nitrogens with zero attached hydrogens (tertiary/aromatic N) is 2. The van der Waals surface area contributed by atoms with E-state index in [1.165, 1.54) is 44.5 Å². The first-order valence-electron chi connectivity index (χ1n) is 7.12. The van der Waals surface area contributed by atoms with Crippen LogP contribution in [-0.4, -0.2) is 36.1 Å². The molecule has 2 rings (SSSR count). The molecule has 0 radical (unpaired) electrons. The summed E-state index contributed by atoms with van der Waals surface area (Å²) >= 11 is 0. The lowest BCUT2D eigenvalue weighted by Gasteiger charge is -2.26. The number of pyridine rings is 1.